The summed E-state index contributed by atoms with van der Waals surface area (Å²) in [6.07, 6.45) is 4.55. The highest BCUT2D eigenvalue weighted by Gasteiger charge is 2.25. The lowest BCUT2D eigenvalue weighted by Gasteiger charge is -2.32. The lowest BCUT2D eigenvalue weighted by Crippen LogP contribution is -2.44. The number of fused-ring (bicyclic) bond motifs is 1. The zero-order valence-electron chi connectivity index (χ0n) is 19.8. The second-order valence-electron chi connectivity index (χ2n) is 9.10. The van der Waals surface area contributed by atoms with E-state index in [1.165, 1.54) is 12.8 Å². The Morgan fingerprint density at radius 2 is 1.82 bits per heavy atom. The van der Waals surface area contributed by atoms with Gasteiger partial charge in [0.25, 0.3) is 5.91 Å². The van der Waals surface area contributed by atoms with Gasteiger partial charge in [-0.2, -0.15) is 5.26 Å². The van der Waals surface area contributed by atoms with Crippen molar-refractivity contribution in [2.24, 2.45) is 0 Å². The van der Waals surface area contributed by atoms with Gasteiger partial charge in [-0.15, -0.1) is 0 Å². The maximum atomic E-state index is 13.8. The molecule has 1 atom stereocenters. The molecular weight excluding hydrogens is 408 g/mol. The van der Waals surface area contributed by atoms with E-state index in [1.54, 1.807) is 0 Å². The molecule has 0 N–H and O–H groups in total. The zero-order valence-corrected chi connectivity index (χ0v) is 19.8. The summed E-state index contributed by atoms with van der Waals surface area (Å²) in [4.78, 5) is 22.9. The van der Waals surface area contributed by atoms with Gasteiger partial charge in [-0.05, 0) is 80.7 Å². The molecule has 170 valence electrons. The molecule has 2 heterocycles. The number of carbonyl (C=O) groups excluding carboxylic acids is 1. The van der Waals surface area contributed by atoms with Crippen molar-refractivity contribution >= 4 is 16.8 Å². The SMILES string of the molecule is CCCC(CN1CCCC1)N(C)C(=O)c1cc(C)nc2ccc(-c3ccc(C#N)cc3)cc12. The van der Waals surface area contributed by atoms with Crippen LogP contribution < -0.4 is 0 Å². The van der Waals surface area contributed by atoms with Gasteiger partial charge in [0.2, 0.25) is 0 Å². The van der Waals surface area contributed by atoms with Crippen LogP contribution in [0.15, 0.2) is 48.5 Å². The third-order valence-corrected chi connectivity index (χ3v) is 6.67. The number of likely N-dealkylation sites (N-methyl/N-ethyl adjacent to an activating group) is 1. The highest BCUT2D eigenvalue weighted by molar-refractivity contribution is 6.07. The van der Waals surface area contributed by atoms with Crippen LogP contribution in [0, 0.1) is 18.3 Å². The average molecular weight is 441 g/mol. The van der Waals surface area contributed by atoms with Crippen LogP contribution in [0.3, 0.4) is 0 Å². The average Bonchev–Trinajstić information content (AvgIpc) is 3.35. The molecular formula is C28H32N4O. The first kappa shape index (κ1) is 22.9. The fourth-order valence-electron chi connectivity index (χ4n) is 4.81. The predicted molar refractivity (Wildman–Crippen MR) is 133 cm³/mol. The molecule has 5 nitrogen and oxygen atoms in total. The lowest BCUT2D eigenvalue weighted by atomic mass is 9.98. The van der Waals surface area contributed by atoms with Crippen LogP contribution in [0.2, 0.25) is 0 Å². The molecule has 0 radical (unpaired) electrons. The van der Waals surface area contributed by atoms with E-state index in [-0.39, 0.29) is 11.9 Å². The number of carbonyl (C=O) groups is 1. The van der Waals surface area contributed by atoms with Gasteiger partial charge in [0, 0.05) is 30.7 Å². The van der Waals surface area contributed by atoms with Gasteiger partial charge in [0.1, 0.15) is 0 Å². The Morgan fingerprint density at radius 3 is 2.48 bits per heavy atom. The third-order valence-electron chi connectivity index (χ3n) is 6.67. The summed E-state index contributed by atoms with van der Waals surface area (Å²) in [7, 11) is 1.95. The van der Waals surface area contributed by atoms with Gasteiger partial charge in [-0.25, -0.2) is 0 Å². The standard InChI is InChI=1S/C28H32N4O/c1-4-7-24(19-32-14-5-6-15-32)31(3)28(33)26-16-20(2)30-27-13-12-23(17-25(26)27)22-10-8-21(18-29)9-11-22/h8-13,16-17,24H,4-7,14-15,19H2,1-3H3. The van der Waals surface area contributed by atoms with Crippen molar-refractivity contribution in [1.29, 1.82) is 5.26 Å². The van der Waals surface area contributed by atoms with E-state index in [0.29, 0.717) is 11.1 Å². The zero-order chi connectivity index (χ0) is 23.4. The van der Waals surface area contributed by atoms with E-state index in [2.05, 4.69) is 28.9 Å². The molecule has 1 unspecified atom stereocenters. The Bertz CT molecular complexity index is 1170. The van der Waals surface area contributed by atoms with E-state index < -0.39 is 0 Å². The second-order valence-corrected chi connectivity index (χ2v) is 9.10. The van der Waals surface area contributed by atoms with Crippen LogP contribution in [-0.4, -0.2) is 53.4 Å². The topological polar surface area (TPSA) is 60.2 Å². The number of aromatic nitrogens is 1. The van der Waals surface area contributed by atoms with Crippen molar-refractivity contribution in [3.63, 3.8) is 0 Å². The first-order chi connectivity index (χ1) is 16.0. The minimum atomic E-state index is 0.0557. The van der Waals surface area contributed by atoms with Crippen molar-refractivity contribution in [3.8, 4) is 17.2 Å². The third kappa shape index (κ3) is 5.07. The summed E-state index contributed by atoms with van der Waals surface area (Å²) in [5.74, 6) is 0.0557. The van der Waals surface area contributed by atoms with E-state index in [4.69, 9.17) is 5.26 Å². The maximum Gasteiger partial charge on any atom is 0.254 e. The van der Waals surface area contributed by atoms with Gasteiger partial charge in [0.05, 0.1) is 22.7 Å². The fourth-order valence-corrected chi connectivity index (χ4v) is 4.81. The normalized spacial score (nSPS) is 14.8. The first-order valence-electron chi connectivity index (χ1n) is 11.9. The number of nitrogens with zero attached hydrogens (tertiary/aromatic N) is 4. The largest absolute Gasteiger partial charge is 0.337 e. The van der Waals surface area contributed by atoms with Gasteiger partial charge >= 0.3 is 0 Å². The Morgan fingerprint density at radius 1 is 1.12 bits per heavy atom. The Kier molecular flexibility index (Phi) is 7.05. The molecule has 1 aromatic heterocycles. The number of amides is 1. The number of hydrogen-bond acceptors (Lipinski definition) is 4. The van der Waals surface area contributed by atoms with Crippen molar-refractivity contribution in [2.45, 2.75) is 45.6 Å². The maximum absolute atomic E-state index is 13.8. The minimum Gasteiger partial charge on any atom is -0.337 e. The molecule has 2 aromatic carbocycles. The van der Waals surface area contributed by atoms with Crippen molar-refractivity contribution in [2.75, 3.05) is 26.7 Å². The highest BCUT2D eigenvalue weighted by Crippen LogP contribution is 2.28. The quantitative estimate of drug-likeness (QED) is 0.492. The summed E-state index contributed by atoms with van der Waals surface area (Å²) in [6.45, 7) is 7.33. The van der Waals surface area contributed by atoms with Crippen LogP contribution in [0.4, 0.5) is 0 Å². The Labute approximate surface area is 196 Å². The monoisotopic (exact) mass is 440 g/mol. The first-order valence-corrected chi connectivity index (χ1v) is 11.9. The van der Waals surface area contributed by atoms with Crippen LogP contribution in [0.25, 0.3) is 22.0 Å². The predicted octanol–water partition coefficient (Wildman–Crippen LogP) is 5.42. The molecule has 1 fully saturated rings. The number of nitriles is 1. The van der Waals surface area contributed by atoms with Crippen LogP contribution in [-0.2, 0) is 0 Å². The van der Waals surface area contributed by atoms with Gasteiger partial charge < -0.3 is 9.80 Å². The second kappa shape index (κ2) is 10.1. The molecule has 1 saturated heterocycles. The van der Waals surface area contributed by atoms with E-state index in [9.17, 15) is 4.79 Å². The van der Waals surface area contributed by atoms with Crippen LogP contribution in [0.5, 0.6) is 0 Å². The van der Waals surface area contributed by atoms with Crippen LogP contribution in [0.1, 0.15) is 54.2 Å². The fraction of sp³-hybridized carbons (Fsp3) is 0.393. The minimum absolute atomic E-state index is 0.0557. The molecule has 0 bridgehead atoms. The van der Waals surface area contributed by atoms with Crippen LogP contribution >= 0.6 is 0 Å². The van der Waals surface area contributed by atoms with Crippen molar-refractivity contribution in [1.82, 2.24) is 14.8 Å². The molecule has 0 spiro atoms. The highest BCUT2D eigenvalue weighted by atomic mass is 16.2. The summed E-state index contributed by atoms with van der Waals surface area (Å²) < 4.78 is 0. The molecule has 3 aromatic rings. The molecule has 4 rings (SSSR count). The summed E-state index contributed by atoms with van der Waals surface area (Å²) in [5, 5.41) is 9.96. The van der Waals surface area contributed by atoms with Gasteiger partial charge in [-0.1, -0.05) is 31.5 Å². The number of benzene rings is 2. The lowest BCUT2D eigenvalue weighted by molar-refractivity contribution is 0.0689. The Balaban J connectivity index is 1.69. The number of pyridine rings is 1. The van der Waals surface area contributed by atoms with Crippen molar-refractivity contribution in [3.05, 3.63) is 65.4 Å². The molecule has 5 heteroatoms. The van der Waals surface area contributed by atoms with Crippen molar-refractivity contribution < 1.29 is 4.79 Å². The number of aryl methyl sites for hydroxylation is 1. The summed E-state index contributed by atoms with van der Waals surface area (Å²) >= 11 is 0. The summed E-state index contributed by atoms with van der Waals surface area (Å²) in [5.41, 5.74) is 5.04. The molecule has 0 saturated carbocycles. The molecule has 33 heavy (non-hydrogen) atoms. The van der Waals surface area contributed by atoms with Gasteiger partial charge in [0.15, 0.2) is 0 Å². The Hall–Kier alpha value is -3.23. The molecule has 1 aliphatic heterocycles. The molecule has 0 aliphatic carbocycles. The van der Waals surface area contributed by atoms with Gasteiger partial charge in [-0.3, -0.25) is 9.78 Å². The van der Waals surface area contributed by atoms with E-state index in [0.717, 1.165) is 60.2 Å². The number of hydrogen-bond donors (Lipinski definition) is 0. The number of likely N-dealkylation sites (tertiary alicyclic amines) is 1. The molecule has 1 amide bonds. The molecule has 1 aliphatic rings. The number of rotatable bonds is 7. The smallest absolute Gasteiger partial charge is 0.254 e. The van der Waals surface area contributed by atoms with E-state index in [1.807, 2.05) is 61.3 Å². The summed E-state index contributed by atoms with van der Waals surface area (Å²) in [6, 6.07) is 17.9. The van der Waals surface area contributed by atoms with E-state index >= 15 is 0 Å².